The van der Waals surface area contributed by atoms with Crippen molar-refractivity contribution in [3.05, 3.63) is 22.6 Å². The Hall–Kier alpha value is -0.570. The Morgan fingerprint density at radius 3 is 2.88 bits per heavy atom. The fraction of sp³-hybridized carbons (Fsp3) is 0. The van der Waals surface area contributed by atoms with Crippen LogP contribution in [0.4, 0.5) is 0 Å². The summed E-state index contributed by atoms with van der Waals surface area (Å²) >= 11 is 3.00. The van der Waals surface area contributed by atoms with E-state index in [9.17, 15) is 4.79 Å². The highest BCUT2D eigenvalue weighted by Crippen LogP contribution is 2.11. The van der Waals surface area contributed by atoms with Gasteiger partial charge in [-0.3, -0.25) is 4.79 Å². The van der Waals surface area contributed by atoms with Crippen molar-refractivity contribution in [2.24, 2.45) is 0 Å². The summed E-state index contributed by atoms with van der Waals surface area (Å²) in [6, 6.07) is 3.02. The van der Waals surface area contributed by atoms with Crippen molar-refractivity contribution < 1.29 is 10.6 Å². The minimum absolute atomic E-state index is 0.0573. The second-order valence-corrected chi connectivity index (χ2v) is 1.99. The van der Waals surface area contributed by atoms with Gasteiger partial charge in [0.1, 0.15) is 1.37 Å². The van der Waals surface area contributed by atoms with Crippen molar-refractivity contribution in [2.45, 2.75) is 0 Å². The molecule has 3 heteroatoms. The fourth-order valence-electron chi connectivity index (χ4n) is 0.369. The van der Waals surface area contributed by atoms with E-state index in [-0.39, 0.29) is 5.76 Å². The maximum atomic E-state index is 10.2. The van der Waals surface area contributed by atoms with Crippen molar-refractivity contribution in [3.8, 4) is 0 Å². The smallest absolute Gasteiger partial charge is 0.185 e. The minimum atomic E-state index is -0.805. The Bertz CT molecular complexity index is 231. The zero-order valence-electron chi connectivity index (χ0n) is 4.85. The van der Waals surface area contributed by atoms with Gasteiger partial charge in [-0.1, -0.05) is 0 Å². The van der Waals surface area contributed by atoms with E-state index >= 15 is 0 Å². The number of carbonyl (C=O) groups excluding carboxylic acids is 1. The maximum Gasteiger partial charge on any atom is 0.185 e. The molecule has 2 nitrogen and oxygen atoms in total. The van der Waals surface area contributed by atoms with Crippen molar-refractivity contribution >= 4 is 22.2 Å². The van der Waals surface area contributed by atoms with Crippen LogP contribution in [0.25, 0.3) is 0 Å². The third kappa shape index (κ3) is 0.980. The number of carbonyl (C=O) groups is 1. The van der Waals surface area contributed by atoms with Crippen molar-refractivity contribution in [2.75, 3.05) is 0 Å². The Kier molecular flexibility index (Phi) is 1.15. The summed E-state index contributed by atoms with van der Waals surface area (Å²) in [7, 11) is 0. The quantitative estimate of drug-likeness (QED) is 0.611. The van der Waals surface area contributed by atoms with Crippen LogP contribution < -0.4 is 0 Å². The van der Waals surface area contributed by atoms with Crippen LogP contribution in [0.5, 0.6) is 0 Å². The molecule has 1 rings (SSSR count). The average molecular weight is 176 g/mol. The molecule has 1 heterocycles. The predicted octanol–water partition coefficient (Wildman–Crippen LogP) is 1.85. The number of hydrogen-bond donors (Lipinski definition) is 0. The molecule has 0 saturated carbocycles. The van der Waals surface area contributed by atoms with Gasteiger partial charge in [-0.05, 0) is 28.1 Å². The SMILES string of the molecule is [2H]C(=O)c1ccc(Br)o1. The normalized spacial score (nSPS) is 10.9. The van der Waals surface area contributed by atoms with Crippen LogP contribution in [0.2, 0.25) is 0 Å². The Labute approximate surface area is 56.0 Å². The number of furan rings is 1. The second-order valence-electron chi connectivity index (χ2n) is 1.21. The lowest BCUT2D eigenvalue weighted by atomic mass is 10.5. The second kappa shape index (κ2) is 2.13. The summed E-state index contributed by atoms with van der Waals surface area (Å²) in [5.74, 6) is 0.0573. The van der Waals surface area contributed by atoms with E-state index in [1.54, 1.807) is 6.07 Å². The molecule has 0 amide bonds. The van der Waals surface area contributed by atoms with Gasteiger partial charge in [-0.2, -0.15) is 0 Å². The molecular formula is C5H3BrO2. The highest BCUT2D eigenvalue weighted by atomic mass is 79.9. The van der Waals surface area contributed by atoms with Gasteiger partial charge >= 0.3 is 0 Å². The third-order valence-corrected chi connectivity index (χ3v) is 1.10. The third-order valence-electron chi connectivity index (χ3n) is 0.674. The minimum Gasteiger partial charge on any atom is -0.447 e. The summed E-state index contributed by atoms with van der Waals surface area (Å²) < 4.78 is 11.8. The molecule has 0 fully saturated rings. The molecule has 42 valence electrons. The van der Waals surface area contributed by atoms with Gasteiger partial charge in [0.2, 0.25) is 0 Å². The lowest BCUT2D eigenvalue weighted by molar-refractivity contribution is 0.109. The molecule has 0 aliphatic heterocycles. The van der Waals surface area contributed by atoms with Crippen molar-refractivity contribution in [1.29, 1.82) is 0 Å². The van der Waals surface area contributed by atoms with Crippen molar-refractivity contribution in [1.82, 2.24) is 0 Å². The first-order chi connectivity index (χ1) is 4.20. The first kappa shape index (κ1) is 4.32. The lowest BCUT2D eigenvalue weighted by Gasteiger charge is -1.74. The van der Waals surface area contributed by atoms with Crippen LogP contribution >= 0.6 is 15.9 Å². The molecule has 0 bridgehead atoms. The van der Waals surface area contributed by atoms with Gasteiger partial charge < -0.3 is 4.42 Å². The van der Waals surface area contributed by atoms with Gasteiger partial charge in [0.15, 0.2) is 16.7 Å². The summed E-state index contributed by atoms with van der Waals surface area (Å²) in [5, 5.41) is 0. The molecule has 0 N–H and O–H groups in total. The first-order valence-corrected chi connectivity index (χ1v) is 2.76. The van der Waals surface area contributed by atoms with Gasteiger partial charge in [0, 0.05) is 0 Å². The molecule has 8 heavy (non-hydrogen) atoms. The molecule has 0 unspecified atom stereocenters. The summed E-state index contributed by atoms with van der Waals surface area (Å²) in [4.78, 5) is 10.2. The Morgan fingerprint density at radius 2 is 2.62 bits per heavy atom. The molecular weight excluding hydrogens is 172 g/mol. The van der Waals surface area contributed by atoms with Crippen LogP contribution in [0.1, 0.15) is 11.9 Å². The monoisotopic (exact) mass is 175 g/mol. The molecule has 0 spiro atoms. The fourth-order valence-corrected chi connectivity index (χ4v) is 0.676. The van der Waals surface area contributed by atoms with E-state index in [2.05, 4.69) is 15.9 Å². The highest BCUT2D eigenvalue weighted by molar-refractivity contribution is 9.10. The first-order valence-electron chi connectivity index (χ1n) is 2.46. The van der Waals surface area contributed by atoms with Crippen LogP contribution in [0.3, 0.4) is 0 Å². The van der Waals surface area contributed by atoms with Crippen LogP contribution in [0.15, 0.2) is 21.2 Å². The number of hydrogen-bond acceptors (Lipinski definition) is 2. The molecule has 0 atom stereocenters. The summed E-state index contributed by atoms with van der Waals surface area (Å²) in [6.45, 7) is 0. The van der Waals surface area contributed by atoms with E-state index < -0.39 is 6.26 Å². The van der Waals surface area contributed by atoms with Crippen LogP contribution in [0, 0.1) is 0 Å². The molecule has 1 aromatic heterocycles. The van der Waals surface area contributed by atoms with Crippen LogP contribution in [-0.2, 0) is 0 Å². The zero-order chi connectivity index (χ0) is 6.85. The Balaban J connectivity index is 2.98. The van der Waals surface area contributed by atoms with Gasteiger partial charge in [0.05, 0.1) is 0 Å². The van der Waals surface area contributed by atoms with E-state index in [4.69, 9.17) is 5.79 Å². The number of halogens is 1. The molecule has 1 aromatic rings. The average Bonchev–Trinajstić information content (AvgIpc) is 2.14. The van der Waals surface area contributed by atoms with E-state index in [0.29, 0.717) is 4.67 Å². The standard InChI is InChI=1S/C5H3BrO2/c6-5-2-1-4(3-7)8-5/h1-3H/i3D. The highest BCUT2D eigenvalue weighted by Gasteiger charge is 1.93. The van der Waals surface area contributed by atoms with Crippen LogP contribution in [-0.4, -0.2) is 6.26 Å². The van der Waals surface area contributed by atoms with Gasteiger partial charge in [-0.25, -0.2) is 0 Å². The Morgan fingerprint density at radius 1 is 1.88 bits per heavy atom. The molecule has 0 radical (unpaired) electrons. The summed E-state index contributed by atoms with van der Waals surface area (Å²) in [6.07, 6.45) is -0.805. The topological polar surface area (TPSA) is 30.2 Å². The van der Waals surface area contributed by atoms with E-state index in [0.717, 1.165) is 0 Å². The largest absolute Gasteiger partial charge is 0.447 e. The maximum absolute atomic E-state index is 10.2. The molecule has 0 saturated heterocycles. The van der Waals surface area contributed by atoms with Crippen molar-refractivity contribution in [3.63, 3.8) is 0 Å². The number of rotatable bonds is 1. The number of aldehydes is 1. The zero-order valence-corrected chi connectivity index (χ0v) is 5.44. The van der Waals surface area contributed by atoms with Gasteiger partial charge in [0.25, 0.3) is 0 Å². The predicted molar refractivity (Wildman–Crippen MR) is 31.8 cm³/mol. The lowest BCUT2D eigenvalue weighted by Crippen LogP contribution is -1.65. The summed E-state index contributed by atoms with van der Waals surface area (Å²) in [5.41, 5.74) is 0. The molecule has 0 aromatic carbocycles. The van der Waals surface area contributed by atoms with E-state index in [1.807, 2.05) is 0 Å². The molecule has 0 aliphatic carbocycles. The molecule has 0 aliphatic rings. The van der Waals surface area contributed by atoms with Gasteiger partial charge in [-0.15, -0.1) is 0 Å². The van der Waals surface area contributed by atoms with E-state index in [1.165, 1.54) is 6.07 Å².